The third-order valence-corrected chi connectivity index (χ3v) is 11.3. The number of hydrogen-bond donors (Lipinski definition) is 4. The number of carbonyl (C=O) groups excluding carboxylic acids is 4. The minimum Gasteiger partial charge on any atom is -0.379 e. The van der Waals surface area contributed by atoms with Crippen LogP contribution in [-0.2, 0) is 33.4 Å². The van der Waals surface area contributed by atoms with Crippen molar-refractivity contribution < 1.29 is 33.4 Å². The smallest absolute Gasteiger partial charge is 0.246 e. The van der Waals surface area contributed by atoms with E-state index in [0.29, 0.717) is 58.3 Å². The second-order valence-electron chi connectivity index (χ2n) is 15.1. The van der Waals surface area contributed by atoms with E-state index < -0.39 is 30.1 Å². The molecule has 4 rings (SSSR count). The Hall–Kier alpha value is -3.55. The molecule has 1 aliphatic carbocycles. The van der Waals surface area contributed by atoms with Crippen LogP contribution in [0.25, 0.3) is 0 Å². The molecule has 1 saturated carbocycles. The maximum absolute atomic E-state index is 14.4. The van der Waals surface area contributed by atoms with E-state index in [-0.39, 0.29) is 42.7 Å². The minimum atomic E-state index is -0.992. The molecule has 316 valence electrons. The molecule has 4 N–H and O–H groups in total. The number of benzene rings is 2. The molecule has 2 fully saturated rings. The highest BCUT2D eigenvalue weighted by molar-refractivity contribution is 6.17. The van der Waals surface area contributed by atoms with Gasteiger partial charge in [-0.15, -0.1) is 11.6 Å². The third kappa shape index (κ3) is 15.3. The van der Waals surface area contributed by atoms with Crippen LogP contribution < -0.4 is 21.3 Å². The number of ether oxygens (including phenoxy) is 3. The highest BCUT2D eigenvalue weighted by Crippen LogP contribution is 2.31. The lowest BCUT2D eigenvalue weighted by Crippen LogP contribution is -2.59. The summed E-state index contributed by atoms with van der Waals surface area (Å²) >= 11 is 5.72. The molecule has 12 nitrogen and oxygen atoms in total. The molecule has 0 unspecified atom stereocenters. The minimum absolute atomic E-state index is 0.00281. The lowest BCUT2D eigenvalue weighted by molar-refractivity contribution is -0.143. The van der Waals surface area contributed by atoms with E-state index in [1.807, 2.05) is 60.7 Å². The molecule has 0 aromatic heterocycles. The Morgan fingerprint density at radius 3 is 1.93 bits per heavy atom. The number of likely N-dealkylation sites (N-methyl/N-ethyl adjacent to an activating group) is 1. The topological polar surface area (TPSA) is 147 Å². The number of unbranched alkanes of at least 4 members (excludes halogenated alkanes) is 3. The van der Waals surface area contributed by atoms with Gasteiger partial charge in [-0.05, 0) is 69.5 Å². The van der Waals surface area contributed by atoms with Crippen molar-refractivity contribution >= 4 is 35.2 Å². The fraction of sp³-hybridized carbons (Fsp3) is 0.636. The molecule has 4 amide bonds. The van der Waals surface area contributed by atoms with Gasteiger partial charge in [0, 0.05) is 31.5 Å². The van der Waals surface area contributed by atoms with Gasteiger partial charge in [0.25, 0.3) is 0 Å². The van der Waals surface area contributed by atoms with Crippen molar-refractivity contribution in [3.63, 3.8) is 0 Å². The van der Waals surface area contributed by atoms with E-state index in [1.54, 1.807) is 18.9 Å². The number of hydrogen-bond acceptors (Lipinski definition) is 8. The Morgan fingerprint density at radius 1 is 0.719 bits per heavy atom. The van der Waals surface area contributed by atoms with Gasteiger partial charge in [-0.3, -0.25) is 19.2 Å². The van der Waals surface area contributed by atoms with E-state index >= 15 is 0 Å². The fourth-order valence-corrected chi connectivity index (χ4v) is 7.93. The van der Waals surface area contributed by atoms with Crippen molar-refractivity contribution in [1.29, 1.82) is 0 Å². The van der Waals surface area contributed by atoms with Crippen molar-refractivity contribution in [2.24, 2.45) is 5.92 Å². The highest BCUT2D eigenvalue weighted by Gasteiger charge is 2.43. The molecule has 2 aromatic carbocycles. The number of nitrogens with zero attached hydrogens (tertiary/aromatic N) is 1. The maximum Gasteiger partial charge on any atom is 0.246 e. The predicted octanol–water partition coefficient (Wildman–Crippen LogP) is 4.93. The third-order valence-electron chi connectivity index (χ3n) is 11.0. The first kappa shape index (κ1) is 46.1. The number of rotatable bonds is 26. The van der Waals surface area contributed by atoms with Crippen LogP contribution in [0.5, 0.6) is 0 Å². The van der Waals surface area contributed by atoms with E-state index in [4.69, 9.17) is 25.8 Å². The molecule has 0 bridgehead atoms. The summed E-state index contributed by atoms with van der Waals surface area (Å²) in [6.45, 7) is 5.17. The first-order valence-electron chi connectivity index (χ1n) is 21.1. The van der Waals surface area contributed by atoms with Gasteiger partial charge in [0.05, 0.1) is 39.1 Å². The summed E-state index contributed by atoms with van der Waals surface area (Å²) < 4.78 is 17.0. The first-order valence-corrected chi connectivity index (χ1v) is 21.6. The zero-order valence-corrected chi connectivity index (χ0v) is 34.8. The molecule has 0 radical (unpaired) electrons. The Labute approximate surface area is 344 Å². The van der Waals surface area contributed by atoms with Crippen molar-refractivity contribution in [2.45, 2.75) is 108 Å². The summed E-state index contributed by atoms with van der Waals surface area (Å²) in [6.07, 6.45) is 10.2. The van der Waals surface area contributed by atoms with Crippen LogP contribution in [0.2, 0.25) is 0 Å². The Balaban J connectivity index is 1.40. The van der Waals surface area contributed by atoms with Gasteiger partial charge in [0.1, 0.15) is 18.1 Å². The fourth-order valence-electron chi connectivity index (χ4n) is 7.74. The molecular formula is C44H66ClN5O7. The van der Waals surface area contributed by atoms with Crippen LogP contribution in [0, 0.1) is 5.92 Å². The molecule has 57 heavy (non-hydrogen) atoms. The van der Waals surface area contributed by atoms with Crippen LogP contribution in [0.1, 0.15) is 94.6 Å². The predicted molar refractivity (Wildman–Crippen MR) is 223 cm³/mol. The molecule has 2 aromatic rings. The average Bonchev–Trinajstić information content (AvgIpc) is 3.75. The molecule has 1 heterocycles. The van der Waals surface area contributed by atoms with Gasteiger partial charge in [0.15, 0.2) is 0 Å². The summed E-state index contributed by atoms with van der Waals surface area (Å²) in [5.41, 5.74) is 1.73. The standard InChI is InChI=1S/C44H66ClN5O7/c1-33(46-2)41(51)48-39(36-21-12-7-13-22-36)44(54)50-26-16-23-37(50)42(52)49-40(38(34-17-8-5-9-18-34)35-19-10-6-11-20-35)43(53)47-25-28-56-30-32-57-31-29-55-27-15-4-3-14-24-45/h5-6,8-11,17-20,33,36-40,46H,3-4,7,12-16,21-32H2,1-2H3,(H,47,53)(H,48,51)(H,49,52)/t33-,37-,39-,40-/m0/s1. The van der Waals surface area contributed by atoms with Crippen LogP contribution in [-0.4, -0.2) is 118 Å². The molecule has 13 heteroatoms. The van der Waals surface area contributed by atoms with Crippen LogP contribution in [0.15, 0.2) is 60.7 Å². The van der Waals surface area contributed by atoms with E-state index in [0.717, 1.165) is 68.9 Å². The van der Waals surface area contributed by atoms with Crippen molar-refractivity contribution in [2.75, 3.05) is 65.7 Å². The van der Waals surface area contributed by atoms with E-state index in [1.165, 1.54) is 0 Å². The Morgan fingerprint density at radius 2 is 1.32 bits per heavy atom. The molecular weight excluding hydrogens is 746 g/mol. The number of alkyl halides is 1. The van der Waals surface area contributed by atoms with Crippen molar-refractivity contribution in [3.8, 4) is 0 Å². The Kier molecular flexibility index (Phi) is 21.4. The summed E-state index contributed by atoms with van der Waals surface area (Å²) in [4.78, 5) is 57.7. The zero-order chi connectivity index (χ0) is 40.7. The SMILES string of the molecule is CN[C@@H](C)C(=O)N[C@H](C(=O)N1CCC[C@H]1C(=O)N[C@H](C(=O)NCCOCCOCCOCCCCCCCl)C(c1ccccc1)c1ccccc1)C1CCCCC1. The normalized spacial score (nSPS) is 17.5. The van der Waals surface area contributed by atoms with Crippen molar-refractivity contribution in [3.05, 3.63) is 71.8 Å². The summed E-state index contributed by atoms with van der Waals surface area (Å²) in [6, 6.07) is 16.4. The molecule has 4 atom stereocenters. The number of likely N-dealkylation sites (tertiary alicyclic amines) is 1. The lowest BCUT2D eigenvalue weighted by atomic mass is 9.83. The summed E-state index contributed by atoms with van der Waals surface area (Å²) in [7, 11) is 1.71. The zero-order valence-electron chi connectivity index (χ0n) is 34.1. The lowest BCUT2D eigenvalue weighted by Gasteiger charge is -2.36. The van der Waals surface area contributed by atoms with Crippen LogP contribution in [0.3, 0.4) is 0 Å². The number of halogens is 1. The van der Waals surface area contributed by atoms with Gasteiger partial charge in [-0.25, -0.2) is 0 Å². The number of nitrogens with one attached hydrogen (secondary N) is 4. The van der Waals surface area contributed by atoms with E-state index in [9.17, 15) is 19.2 Å². The largest absolute Gasteiger partial charge is 0.379 e. The van der Waals surface area contributed by atoms with Gasteiger partial charge in [-0.2, -0.15) is 0 Å². The molecule has 0 spiro atoms. The van der Waals surface area contributed by atoms with Gasteiger partial charge < -0.3 is 40.4 Å². The van der Waals surface area contributed by atoms with Crippen LogP contribution >= 0.6 is 11.6 Å². The number of amides is 4. The molecule has 1 aliphatic heterocycles. The van der Waals surface area contributed by atoms with Gasteiger partial charge in [-0.1, -0.05) is 92.8 Å². The molecule has 2 aliphatic rings. The Bertz CT molecular complexity index is 1430. The van der Waals surface area contributed by atoms with E-state index in [2.05, 4.69) is 21.3 Å². The second kappa shape index (κ2) is 26.5. The maximum atomic E-state index is 14.4. The van der Waals surface area contributed by atoms with Crippen LogP contribution in [0.4, 0.5) is 0 Å². The highest BCUT2D eigenvalue weighted by atomic mass is 35.5. The van der Waals surface area contributed by atoms with Crippen molar-refractivity contribution in [1.82, 2.24) is 26.2 Å². The monoisotopic (exact) mass is 811 g/mol. The van der Waals surface area contributed by atoms with Gasteiger partial charge in [0.2, 0.25) is 23.6 Å². The first-order chi connectivity index (χ1) is 27.8. The van der Waals surface area contributed by atoms with Gasteiger partial charge >= 0.3 is 0 Å². The summed E-state index contributed by atoms with van der Waals surface area (Å²) in [5, 5.41) is 12.1. The average molecular weight is 812 g/mol. The number of carbonyl (C=O) groups is 4. The summed E-state index contributed by atoms with van der Waals surface area (Å²) in [5.74, 6) is -1.03. The quantitative estimate of drug-likeness (QED) is 0.0773. The molecule has 1 saturated heterocycles. The second-order valence-corrected chi connectivity index (χ2v) is 15.5.